The summed E-state index contributed by atoms with van der Waals surface area (Å²) in [5.41, 5.74) is 1.68. The first-order valence-corrected chi connectivity index (χ1v) is 8.00. The Morgan fingerprint density at radius 2 is 1.87 bits per heavy atom. The summed E-state index contributed by atoms with van der Waals surface area (Å²) in [4.78, 5) is 11.8. The van der Waals surface area contributed by atoms with Gasteiger partial charge in [0.15, 0.2) is 0 Å². The van der Waals surface area contributed by atoms with Crippen LogP contribution >= 0.6 is 11.6 Å². The molecule has 1 aliphatic heterocycles. The molecule has 23 heavy (non-hydrogen) atoms. The lowest BCUT2D eigenvalue weighted by Crippen LogP contribution is -2.43. The molecular weight excluding hydrogens is 314 g/mol. The molecule has 0 spiro atoms. The van der Waals surface area contributed by atoms with Crippen molar-refractivity contribution in [1.82, 2.24) is 15.1 Å². The Bertz CT molecular complexity index is 619. The normalized spacial score (nSPS) is 18.4. The average molecular weight is 332 g/mol. The molecule has 1 amide bonds. The van der Waals surface area contributed by atoms with E-state index in [4.69, 9.17) is 16.7 Å². The van der Waals surface area contributed by atoms with E-state index in [1.165, 1.54) is 4.90 Å². The molecule has 5 nitrogen and oxygen atoms in total. The SMILES string of the molecule is O=C(O)N1CCC([C@](Cl)(c2ccccc2)c2cccnn2)CC1. The van der Waals surface area contributed by atoms with E-state index >= 15 is 0 Å². The van der Waals surface area contributed by atoms with Crippen LogP contribution in [0.5, 0.6) is 0 Å². The lowest BCUT2D eigenvalue weighted by molar-refractivity contribution is 0.119. The maximum absolute atomic E-state index is 11.1. The van der Waals surface area contributed by atoms with Crippen LogP contribution in [0.25, 0.3) is 0 Å². The molecule has 2 aromatic rings. The number of hydrogen-bond acceptors (Lipinski definition) is 3. The van der Waals surface area contributed by atoms with Crippen molar-refractivity contribution in [3.8, 4) is 0 Å². The average Bonchev–Trinajstić information content (AvgIpc) is 2.62. The Labute approximate surface area is 139 Å². The Morgan fingerprint density at radius 3 is 2.43 bits per heavy atom. The highest BCUT2D eigenvalue weighted by atomic mass is 35.5. The summed E-state index contributed by atoms with van der Waals surface area (Å²) in [6, 6.07) is 13.6. The monoisotopic (exact) mass is 331 g/mol. The number of benzene rings is 1. The Kier molecular flexibility index (Phi) is 4.48. The van der Waals surface area contributed by atoms with Gasteiger partial charge in [0.2, 0.25) is 0 Å². The summed E-state index contributed by atoms with van der Waals surface area (Å²) >= 11 is 7.13. The Morgan fingerprint density at radius 1 is 1.17 bits per heavy atom. The second-order valence-corrected chi connectivity index (χ2v) is 6.33. The molecule has 0 aliphatic carbocycles. The fourth-order valence-corrected chi connectivity index (χ4v) is 3.68. The molecule has 1 aromatic carbocycles. The molecule has 1 saturated heterocycles. The standard InChI is InChI=1S/C17H18ClN3O2/c18-17(13-5-2-1-3-6-13,15-7-4-10-19-20-15)14-8-11-21(12-9-14)16(22)23/h1-7,10,14H,8-9,11-12H2,(H,22,23)/t17-/m1/s1. The van der Waals surface area contributed by atoms with Gasteiger partial charge >= 0.3 is 6.09 Å². The van der Waals surface area contributed by atoms with Crippen LogP contribution in [0.15, 0.2) is 48.7 Å². The van der Waals surface area contributed by atoms with Gasteiger partial charge in [-0.05, 0) is 36.5 Å². The first-order chi connectivity index (χ1) is 11.1. The van der Waals surface area contributed by atoms with Crippen molar-refractivity contribution in [1.29, 1.82) is 0 Å². The van der Waals surface area contributed by atoms with Crippen molar-refractivity contribution in [2.45, 2.75) is 17.7 Å². The number of hydrogen-bond donors (Lipinski definition) is 1. The molecule has 3 rings (SSSR count). The van der Waals surface area contributed by atoms with Crippen molar-refractivity contribution >= 4 is 17.7 Å². The van der Waals surface area contributed by atoms with Gasteiger partial charge in [0.05, 0.1) is 5.69 Å². The number of halogens is 1. The van der Waals surface area contributed by atoms with Crippen molar-refractivity contribution in [2.24, 2.45) is 5.92 Å². The number of alkyl halides is 1. The van der Waals surface area contributed by atoms with Gasteiger partial charge in [0, 0.05) is 19.3 Å². The lowest BCUT2D eigenvalue weighted by Gasteiger charge is -2.40. The van der Waals surface area contributed by atoms with E-state index in [0.717, 1.165) is 5.56 Å². The van der Waals surface area contributed by atoms with E-state index in [2.05, 4.69) is 10.2 Å². The van der Waals surface area contributed by atoms with Gasteiger partial charge < -0.3 is 10.0 Å². The van der Waals surface area contributed by atoms with Crippen molar-refractivity contribution in [2.75, 3.05) is 13.1 Å². The van der Waals surface area contributed by atoms with Crippen LogP contribution in [-0.4, -0.2) is 39.4 Å². The molecule has 2 heterocycles. The molecule has 0 saturated carbocycles. The van der Waals surface area contributed by atoms with Gasteiger partial charge in [-0.15, -0.1) is 11.6 Å². The number of amides is 1. The van der Waals surface area contributed by atoms with E-state index in [-0.39, 0.29) is 5.92 Å². The van der Waals surface area contributed by atoms with Gasteiger partial charge in [-0.2, -0.15) is 10.2 Å². The second kappa shape index (κ2) is 6.54. The molecule has 1 fully saturated rings. The first-order valence-electron chi connectivity index (χ1n) is 7.63. The zero-order valence-electron chi connectivity index (χ0n) is 12.6. The maximum Gasteiger partial charge on any atom is 0.407 e. The van der Waals surface area contributed by atoms with E-state index in [1.54, 1.807) is 6.20 Å². The van der Waals surface area contributed by atoms with E-state index in [1.807, 2.05) is 42.5 Å². The number of likely N-dealkylation sites (tertiary alicyclic amines) is 1. The molecular formula is C17H18ClN3O2. The third-order valence-electron chi connectivity index (χ3n) is 4.47. The minimum Gasteiger partial charge on any atom is -0.465 e. The summed E-state index contributed by atoms with van der Waals surface area (Å²) in [5.74, 6) is 0.0962. The third kappa shape index (κ3) is 3.01. The molecule has 6 heteroatoms. The smallest absolute Gasteiger partial charge is 0.407 e. The number of rotatable bonds is 3. The highest BCUT2D eigenvalue weighted by molar-refractivity contribution is 6.26. The largest absolute Gasteiger partial charge is 0.465 e. The fraction of sp³-hybridized carbons (Fsp3) is 0.353. The minimum absolute atomic E-state index is 0.0962. The van der Waals surface area contributed by atoms with E-state index in [9.17, 15) is 4.79 Å². The second-order valence-electron chi connectivity index (χ2n) is 5.73. The molecule has 0 radical (unpaired) electrons. The molecule has 1 aliphatic rings. The number of piperidine rings is 1. The van der Waals surface area contributed by atoms with Crippen LogP contribution in [0, 0.1) is 5.92 Å². The summed E-state index contributed by atoms with van der Waals surface area (Å²) in [6.45, 7) is 0.975. The third-order valence-corrected chi connectivity index (χ3v) is 5.19. The lowest BCUT2D eigenvalue weighted by atomic mass is 9.77. The van der Waals surface area contributed by atoms with Gasteiger partial charge in [0.1, 0.15) is 4.87 Å². The summed E-state index contributed by atoms with van der Waals surface area (Å²) in [6.07, 6.45) is 2.14. The number of carbonyl (C=O) groups is 1. The van der Waals surface area contributed by atoms with Crippen LogP contribution in [-0.2, 0) is 4.87 Å². The van der Waals surface area contributed by atoms with Gasteiger partial charge in [-0.1, -0.05) is 30.3 Å². The highest BCUT2D eigenvalue weighted by Crippen LogP contribution is 2.46. The molecule has 1 N–H and O–H groups in total. The van der Waals surface area contributed by atoms with Crippen LogP contribution in [0.3, 0.4) is 0 Å². The Hall–Kier alpha value is -2.14. The van der Waals surface area contributed by atoms with E-state index in [0.29, 0.717) is 31.6 Å². The number of nitrogens with zero attached hydrogens (tertiary/aromatic N) is 3. The zero-order valence-corrected chi connectivity index (χ0v) is 13.4. The molecule has 1 aromatic heterocycles. The van der Waals surface area contributed by atoms with Crippen molar-refractivity contribution in [3.05, 3.63) is 59.9 Å². The van der Waals surface area contributed by atoms with Crippen molar-refractivity contribution < 1.29 is 9.90 Å². The van der Waals surface area contributed by atoms with Crippen LogP contribution in [0.1, 0.15) is 24.1 Å². The van der Waals surface area contributed by atoms with Gasteiger partial charge in [-0.25, -0.2) is 4.79 Å². The first kappa shape index (κ1) is 15.7. The molecule has 0 bridgehead atoms. The summed E-state index contributed by atoms with van der Waals surface area (Å²) in [5, 5.41) is 17.4. The van der Waals surface area contributed by atoms with Crippen LogP contribution in [0.2, 0.25) is 0 Å². The van der Waals surface area contributed by atoms with Gasteiger partial charge in [0.25, 0.3) is 0 Å². The Balaban J connectivity index is 1.96. The minimum atomic E-state index is -0.872. The maximum atomic E-state index is 11.1. The predicted molar refractivity (Wildman–Crippen MR) is 87.4 cm³/mol. The summed E-state index contributed by atoms with van der Waals surface area (Å²) in [7, 11) is 0. The molecule has 0 unspecified atom stereocenters. The van der Waals surface area contributed by atoms with Crippen molar-refractivity contribution in [3.63, 3.8) is 0 Å². The summed E-state index contributed by atoms with van der Waals surface area (Å²) < 4.78 is 0. The van der Waals surface area contributed by atoms with Crippen LogP contribution in [0.4, 0.5) is 4.79 Å². The van der Waals surface area contributed by atoms with Gasteiger partial charge in [-0.3, -0.25) is 0 Å². The van der Waals surface area contributed by atoms with E-state index < -0.39 is 11.0 Å². The zero-order chi connectivity index (χ0) is 16.3. The highest BCUT2D eigenvalue weighted by Gasteiger charge is 2.43. The topological polar surface area (TPSA) is 66.3 Å². The quantitative estimate of drug-likeness (QED) is 0.876. The number of carboxylic acid groups (broad SMARTS) is 1. The predicted octanol–water partition coefficient (Wildman–Crippen LogP) is 3.35. The number of aromatic nitrogens is 2. The molecule has 120 valence electrons. The fourth-order valence-electron chi connectivity index (χ4n) is 3.24. The molecule has 1 atom stereocenters. The van der Waals surface area contributed by atoms with Crippen LogP contribution < -0.4 is 0 Å².